The van der Waals surface area contributed by atoms with Crippen molar-refractivity contribution in [1.29, 1.82) is 0 Å². The average molecular weight is 116 g/mol. The van der Waals surface area contributed by atoms with Crippen LogP contribution in [0.4, 0.5) is 0 Å². The summed E-state index contributed by atoms with van der Waals surface area (Å²) in [6.45, 7) is 0.779. The fraction of sp³-hybridized carbons (Fsp3) is 0.500. The lowest BCUT2D eigenvalue weighted by Crippen LogP contribution is -2.02. The molecule has 0 saturated heterocycles. The lowest BCUT2D eigenvalue weighted by atomic mass is 10.4. The number of hydrogen-bond donors (Lipinski definition) is 1. The molecule has 0 aromatic heterocycles. The third kappa shape index (κ3) is 1.03. The molecule has 0 saturated carbocycles. The summed E-state index contributed by atoms with van der Waals surface area (Å²) >= 11 is 4.68. The summed E-state index contributed by atoms with van der Waals surface area (Å²) in [4.78, 5) is 0. The number of aliphatic hydroxyl groups is 1. The molecule has 0 fully saturated rings. The van der Waals surface area contributed by atoms with Crippen LogP contribution in [-0.4, -0.2) is 16.0 Å². The molecule has 0 unspecified atom stereocenters. The molecule has 0 aliphatic carbocycles. The molecule has 0 amide bonds. The van der Waals surface area contributed by atoms with Gasteiger partial charge >= 0.3 is 0 Å². The smallest absolute Gasteiger partial charge is 0.108 e. The van der Waals surface area contributed by atoms with Gasteiger partial charge in [0.25, 0.3) is 0 Å². The molecular weight excluding hydrogens is 110 g/mol. The van der Waals surface area contributed by atoms with Crippen LogP contribution in [0.15, 0.2) is 12.0 Å². The first kappa shape index (κ1) is 4.84. The maximum absolute atomic E-state index is 8.65. The van der Waals surface area contributed by atoms with Gasteiger partial charge in [-0.2, -0.15) is 0 Å². The SMILES string of the molecule is OC1=CN([S-])CC1. The van der Waals surface area contributed by atoms with E-state index in [0.29, 0.717) is 12.2 Å². The van der Waals surface area contributed by atoms with Gasteiger partial charge in [0.2, 0.25) is 0 Å². The van der Waals surface area contributed by atoms with Crippen LogP contribution in [0.25, 0.3) is 0 Å². The van der Waals surface area contributed by atoms with Gasteiger partial charge in [0.15, 0.2) is 0 Å². The molecule has 0 spiro atoms. The van der Waals surface area contributed by atoms with Gasteiger partial charge in [-0.1, -0.05) is 0 Å². The van der Waals surface area contributed by atoms with Crippen molar-refractivity contribution >= 4 is 12.8 Å². The molecule has 0 bridgehead atoms. The van der Waals surface area contributed by atoms with E-state index in [-0.39, 0.29) is 0 Å². The minimum Gasteiger partial charge on any atom is -0.667 e. The highest BCUT2D eigenvalue weighted by Crippen LogP contribution is 2.07. The molecule has 1 aliphatic heterocycles. The molecule has 40 valence electrons. The van der Waals surface area contributed by atoms with Crippen LogP contribution in [0.2, 0.25) is 0 Å². The first-order chi connectivity index (χ1) is 3.29. The summed E-state index contributed by atoms with van der Waals surface area (Å²) in [5, 5.41) is 8.65. The molecule has 0 aromatic rings. The van der Waals surface area contributed by atoms with Crippen molar-refractivity contribution in [2.24, 2.45) is 0 Å². The second kappa shape index (κ2) is 1.66. The van der Waals surface area contributed by atoms with Crippen LogP contribution in [0.1, 0.15) is 6.42 Å². The largest absolute Gasteiger partial charge is 0.667 e. The van der Waals surface area contributed by atoms with Crippen molar-refractivity contribution in [3.05, 3.63) is 12.0 Å². The number of rotatable bonds is 0. The Kier molecular flexibility index (Phi) is 1.15. The van der Waals surface area contributed by atoms with Crippen LogP contribution < -0.4 is 0 Å². The van der Waals surface area contributed by atoms with Crippen molar-refractivity contribution in [2.75, 3.05) is 6.54 Å². The molecule has 3 heteroatoms. The van der Waals surface area contributed by atoms with Gasteiger partial charge in [0.1, 0.15) is 5.76 Å². The van der Waals surface area contributed by atoms with Gasteiger partial charge < -0.3 is 22.2 Å². The Hall–Kier alpha value is -0.310. The third-order valence-corrected chi connectivity index (χ3v) is 1.17. The molecule has 1 rings (SSSR count). The topological polar surface area (TPSA) is 23.5 Å². The van der Waals surface area contributed by atoms with E-state index in [0.717, 1.165) is 6.54 Å². The summed E-state index contributed by atoms with van der Waals surface area (Å²) < 4.78 is 1.55. The van der Waals surface area contributed by atoms with E-state index in [9.17, 15) is 0 Å². The molecular formula is C4H6NOS-. The summed E-state index contributed by atoms with van der Waals surface area (Å²) in [5.41, 5.74) is 0. The first-order valence-corrected chi connectivity index (χ1v) is 2.49. The molecule has 1 N–H and O–H groups in total. The van der Waals surface area contributed by atoms with E-state index in [1.165, 1.54) is 0 Å². The Bertz CT molecular complexity index is 102. The van der Waals surface area contributed by atoms with E-state index in [1.54, 1.807) is 10.5 Å². The highest BCUT2D eigenvalue weighted by atomic mass is 32.1. The van der Waals surface area contributed by atoms with Crippen LogP contribution >= 0.6 is 0 Å². The molecule has 2 nitrogen and oxygen atoms in total. The Labute approximate surface area is 48.0 Å². The Morgan fingerprint density at radius 3 is 2.71 bits per heavy atom. The summed E-state index contributed by atoms with van der Waals surface area (Å²) in [5.74, 6) is 0.398. The highest BCUT2D eigenvalue weighted by molar-refractivity contribution is 7.56. The van der Waals surface area contributed by atoms with Crippen molar-refractivity contribution in [3.63, 3.8) is 0 Å². The second-order valence-corrected chi connectivity index (χ2v) is 1.98. The first-order valence-electron chi connectivity index (χ1n) is 2.12. The van der Waals surface area contributed by atoms with Gasteiger partial charge in [0, 0.05) is 19.2 Å². The normalized spacial score (nSPS) is 20.1. The lowest BCUT2D eigenvalue weighted by Gasteiger charge is -2.20. The summed E-state index contributed by atoms with van der Waals surface area (Å²) in [6, 6.07) is 0. The van der Waals surface area contributed by atoms with E-state index in [2.05, 4.69) is 12.8 Å². The molecule has 7 heavy (non-hydrogen) atoms. The van der Waals surface area contributed by atoms with E-state index in [4.69, 9.17) is 5.11 Å². The monoisotopic (exact) mass is 116 g/mol. The van der Waals surface area contributed by atoms with Crippen molar-refractivity contribution in [3.8, 4) is 0 Å². The van der Waals surface area contributed by atoms with Gasteiger partial charge in [0.05, 0.1) is 0 Å². The number of nitrogens with zero attached hydrogens (tertiary/aromatic N) is 1. The van der Waals surface area contributed by atoms with Gasteiger partial charge in [-0.05, 0) is 0 Å². The maximum atomic E-state index is 8.65. The molecule has 1 heterocycles. The van der Waals surface area contributed by atoms with Gasteiger partial charge in [-0.15, -0.1) is 0 Å². The van der Waals surface area contributed by atoms with Gasteiger partial charge in [-0.25, -0.2) is 0 Å². The molecule has 0 radical (unpaired) electrons. The number of aliphatic hydroxyl groups excluding tert-OH is 1. The zero-order valence-electron chi connectivity index (χ0n) is 3.79. The van der Waals surface area contributed by atoms with Gasteiger partial charge in [-0.3, -0.25) is 0 Å². The summed E-state index contributed by atoms with van der Waals surface area (Å²) in [7, 11) is 0. The second-order valence-electron chi connectivity index (χ2n) is 1.51. The summed E-state index contributed by atoms with van der Waals surface area (Å²) in [6.07, 6.45) is 2.28. The molecule has 0 atom stereocenters. The van der Waals surface area contributed by atoms with Crippen LogP contribution in [0, 0.1) is 0 Å². The lowest BCUT2D eigenvalue weighted by molar-refractivity contribution is 0.400. The maximum Gasteiger partial charge on any atom is 0.108 e. The standard InChI is InChI=1S/C4H6NOS/c6-4-1-2-5(7)3-4/h3,6H,1-2H2/q-1. The molecule has 0 aromatic carbocycles. The average Bonchev–Trinajstić information content (AvgIpc) is 1.87. The minimum atomic E-state index is 0.398. The van der Waals surface area contributed by atoms with E-state index >= 15 is 0 Å². The van der Waals surface area contributed by atoms with Crippen molar-refractivity contribution < 1.29 is 5.11 Å². The fourth-order valence-electron chi connectivity index (χ4n) is 0.520. The Morgan fingerprint density at radius 1 is 1.86 bits per heavy atom. The molecule has 1 aliphatic rings. The zero-order chi connectivity index (χ0) is 5.28. The fourth-order valence-corrected chi connectivity index (χ4v) is 0.733. The number of hydrogen-bond acceptors (Lipinski definition) is 3. The van der Waals surface area contributed by atoms with E-state index in [1.807, 2.05) is 0 Å². The predicted molar refractivity (Wildman–Crippen MR) is 29.4 cm³/mol. The third-order valence-electron chi connectivity index (χ3n) is 0.881. The zero-order valence-corrected chi connectivity index (χ0v) is 4.61. The van der Waals surface area contributed by atoms with Crippen LogP contribution in [0.5, 0.6) is 0 Å². The highest BCUT2D eigenvalue weighted by Gasteiger charge is 1.99. The predicted octanol–water partition coefficient (Wildman–Crippen LogP) is 0.553. The van der Waals surface area contributed by atoms with Crippen LogP contribution in [0.3, 0.4) is 0 Å². The van der Waals surface area contributed by atoms with Crippen molar-refractivity contribution in [1.82, 2.24) is 4.31 Å². The Balaban J connectivity index is 2.50. The van der Waals surface area contributed by atoms with E-state index < -0.39 is 0 Å². The van der Waals surface area contributed by atoms with Crippen molar-refractivity contribution in [2.45, 2.75) is 6.42 Å². The Morgan fingerprint density at radius 2 is 2.57 bits per heavy atom. The quantitative estimate of drug-likeness (QED) is 0.468. The van der Waals surface area contributed by atoms with Crippen LogP contribution in [-0.2, 0) is 12.8 Å². The minimum absolute atomic E-state index is 0.398.